The first-order valence-corrected chi connectivity index (χ1v) is 12.8. The molecule has 0 spiro atoms. The summed E-state index contributed by atoms with van der Waals surface area (Å²) in [6.45, 7) is 7.49. The van der Waals surface area contributed by atoms with Crippen LogP contribution < -0.4 is 14.8 Å². The number of amides is 3. The Morgan fingerprint density at radius 3 is 2.17 bits per heavy atom. The van der Waals surface area contributed by atoms with Crippen molar-refractivity contribution >= 4 is 29.0 Å². The van der Waals surface area contributed by atoms with Crippen LogP contribution in [0.1, 0.15) is 29.9 Å². The molecule has 0 aliphatic rings. The van der Waals surface area contributed by atoms with Gasteiger partial charge in [-0.05, 0) is 35.4 Å². The highest BCUT2D eigenvalue weighted by Crippen LogP contribution is 2.26. The quantitative estimate of drug-likeness (QED) is 0.355. The maximum absolute atomic E-state index is 13.6. The molecule has 0 unspecified atom stereocenters. The average Bonchev–Trinajstić information content (AvgIpc) is 3.27. The smallest absolute Gasteiger partial charge is 0.322 e. The Morgan fingerprint density at radius 2 is 1.61 bits per heavy atom. The number of ether oxygens (including phenoxy) is 2. The van der Waals surface area contributed by atoms with E-state index in [-0.39, 0.29) is 24.4 Å². The molecule has 8 heteroatoms. The van der Waals surface area contributed by atoms with E-state index in [1.54, 1.807) is 48.7 Å². The highest BCUT2D eigenvalue weighted by molar-refractivity contribution is 7.10. The minimum absolute atomic E-state index is 0.0254. The zero-order valence-corrected chi connectivity index (χ0v) is 22.4. The predicted molar refractivity (Wildman–Crippen MR) is 145 cm³/mol. The Hall–Kier alpha value is -3.52. The SMILES string of the molecule is COc1cc(NC(=O)N(CC(=O)N(Cc2ccccc2)Cc2sccc2C)CC(C)C)cc(OC)c1. The molecule has 0 fully saturated rings. The maximum atomic E-state index is 13.6. The molecule has 0 saturated heterocycles. The van der Waals surface area contributed by atoms with Gasteiger partial charge in [0.15, 0.2) is 0 Å². The second-order valence-corrected chi connectivity index (χ2v) is 10.1. The highest BCUT2D eigenvalue weighted by atomic mass is 32.1. The van der Waals surface area contributed by atoms with Crippen LogP contribution in [0.3, 0.4) is 0 Å². The fraction of sp³-hybridized carbons (Fsp3) is 0.357. The molecule has 0 saturated carbocycles. The number of anilines is 1. The molecule has 192 valence electrons. The van der Waals surface area contributed by atoms with E-state index in [9.17, 15) is 9.59 Å². The van der Waals surface area contributed by atoms with Gasteiger partial charge in [-0.2, -0.15) is 0 Å². The predicted octanol–water partition coefficient (Wildman–Crippen LogP) is 5.79. The number of urea groups is 1. The number of hydrogen-bond donors (Lipinski definition) is 1. The molecule has 1 aromatic heterocycles. The second kappa shape index (κ2) is 13.0. The van der Waals surface area contributed by atoms with Crippen LogP contribution in [0.4, 0.5) is 10.5 Å². The summed E-state index contributed by atoms with van der Waals surface area (Å²) in [5, 5.41) is 4.94. The summed E-state index contributed by atoms with van der Waals surface area (Å²) in [5.41, 5.74) is 2.74. The number of carbonyl (C=O) groups is 2. The Kier molecular flexibility index (Phi) is 9.76. The average molecular weight is 510 g/mol. The highest BCUT2D eigenvalue weighted by Gasteiger charge is 2.23. The normalized spacial score (nSPS) is 10.7. The van der Waals surface area contributed by atoms with Gasteiger partial charge < -0.3 is 24.6 Å². The Balaban J connectivity index is 1.80. The summed E-state index contributed by atoms with van der Waals surface area (Å²) in [7, 11) is 3.11. The molecule has 36 heavy (non-hydrogen) atoms. The standard InChI is InChI=1S/C28H35N3O4S/c1-20(2)16-31(28(33)29-23-13-24(34-4)15-25(14-23)35-5)19-27(32)30(17-22-9-7-6-8-10-22)18-26-21(3)11-12-36-26/h6-15,20H,16-19H2,1-5H3,(H,29,33). The molecule has 0 aliphatic carbocycles. The summed E-state index contributed by atoms with van der Waals surface area (Å²) in [4.78, 5) is 31.4. The maximum Gasteiger partial charge on any atom is 0.322 e. The van der Waals surface area contributed by atoms with Crippen LogP contribution in [0.2, 0.25) is 0 Å². The zero-order chi connectivity index (χ0) is 26.1. The molecule has 0 aliphatic heterocycles. The molecule has 3 amide bonds. The molecule has 1 heterocycles. The number of benzene rings is 2. The third-order valence-corrected chi connectivity index (χ3v) is 6.68. The molecule has 3 rings (SSSR count). The van der Waals surface area contributed by atoms with Crippen molar-refractivity contribution in [1.29, 1.82) is 0 Å². The van der Waals surface area contributed by atoms with Gasteiger partial charge in [-0.3, -0.25) is 4.79 Å². The van der Waals surface area contributed by atoms with Crippen LogP contribution in [-0.4, -0.2) is 49.0 Å². The first-order valence-electron chi connectivity index (χ1n) is 11.9. The lowest BCUT2D eigenvalue weighted by atomic mass is 10.2. The summed E-state index contributed by atoms with van der Waals surface area (Å²) in [5.74, 6) is 1.21. The number of nitrogens with one attached hydrogen (secondary N) is 1. The zero-order valence-electron chi connectivity index (χ0n) is 21.6. The fourth-order valence-corrected chi connectivity index (χ4v) is 4.70. The Morgan fingerprint density at radius 1 is 0.944 bits per heavy atom. The van der Waals surface area contributed by atoms with Crippen molar-refractivity contribution in [2.75, 3.05) is 32.6 Å². The van der Waals surface area contributed by atoms with Crippen LogP contribution in [0, 0.1) is 12.8 Å². The largest absolute Gasteiger partial charge is 0.497 e. The molecular formula is C28H35N3O4S. The molecule has 0 radical (unpaired) electrons. The van der Waals surface area contributed by atoms with E-state index < -0.39 is 0 Å². The van der Waals surface area contributed by atoms with Crippen molar-refractivity contribution in [3.05, 3.63) is 76.0 Å². The summed E-state index contributed by atoms with van der Waals surface area (Å²) < 4.78 is 10.6. The lowest BCUT2D eigenvalue weighted by Gasteiger charge is -2.29. The van der Waals surface area contributed by atoms with Gasteiger partial charge in [0, 0.05) is 41.9 Å². The fourth-order valence-electron chi connectivity index (χ4n) is 3.78. The van der Waals surface area contributed by atoms with E-state index in [1.807, 2.05) is 54.5 Å². The number of thiophene rings is 1. The van der Waals surface area contributed by atoms with E-state index in [0.29, 0.717) is 36.8 Å². The van der Waals surface area contributed by atoms with Crippen molar-refractivity contribution in [1.82, 2.24) is 9.80 Å². The third kappa shape index (κ3) is 7.75. The molecular weight excluding hydrogens is 474 g/mol. The van der Waals surface area contributed by atoms with Crippen LogP contribution in [0.15, 0.2) is 60.0 Å². The van der Waals surface area contributed by atoms with Crippen LogP contribution >= 0.6 is 11.3 Å². The number of methoxy groups -OCH3 is 2. The van der Waals surface area contributed by atoms with E-state index in [0.717, 1.165) is 16.0 Å². The minimum Gasteiger partial charge on any atom is -0.497 e. The summed E-state index contributed by atoms with van der Waals surface area (Å²) in [6.07, 6.45) is 0. The second-order valence-electron chi connectivity index (χ2n) is 9.07. The Bertz CT molecular complexity index is 1120. The van der Waals surface area contributed by atoms with Gasteiger partial charge in [-0.1, -0.05) is 44.2 Å². The molecule has 2 aromatic carbocycles. The van der Waals surface area contributed by atoms with Crippen molar-refractivity contribution in [2.24, 2.45) is 5.92 Å². The van der Waals surface area contributed by atoms with Crippen molar-refractivity contribution in [3.63, 3.8) is 0 Å². The van der Waals surface area contributed by atoms with E-state index in [2.05, 4.69) is 18.3 Å². The van der Waals surface area contributed by atoms with Gasteiger partial charge in [0.25, 0.3) is 0 Å². The van der Waals surface area contributed by atoms with Crippen molar-refractivity contribution < 1.29 is 19.1 Å². The van der Waals surface area contributed by atoms with Crippen LogP contribution in [-0.2, 0) is 17.9 Å². The van der Waals surface area contributed by atoms with Gasteiger partial charge in [0.2, 0.25) is 5.91 Å². The molecule has 1 N–H and O–H groups in total. The topological polar surface area (TPSA) is 71.1 Å². The molecule has 3 aromatic rings. The van der Waals surface area contributed by atoms with Gasteiger partial charge >= 0.3 is 6.03 Å². The molecule has 0 bridgehead atoms. The van der Waals surface area contributed by atoms with Gasteiger partial charge in [-0.15, -0.1) is 11.3 Å². The van der Waals surface area contributed by atoms with Gasteiger partial charge in [0.05, 0.1) is 20.8 Å². The summed E-state index contributed by atoms with van der Waals surface area (Å²) >= 11 is 1.64. The van der Waals surface area contributed by atoms with E-state index in [1.165, 1.54) is 0 Å². The number of carbonyl (C=O) groups excluding carboxylic acids is 2. The van der Waals surface area contributed by atoms with Crippen LogP contribution in [0.25, 0.3) is 0 Å². The monoisotopic (exact) mass is 509 g/mol. The molecule has 7 nitrogen and oxygen atoms in total. The van der Waals surface area contributed by atoms with Crippen molar-refractivity contribution in [3.8, 4) is 11.5 Å². The number of rotatable bonds is 11. The number of nitrogens with zero attached hydrogens (tertiary/aromatic N) is 2. The third-order valence-electron chi connectivity index (χ3n) is 5.67. The van der Waals surface area contributed by atoms with Gasteiger partial charge in [-0.25, -0.2) is 4.79 Å². The number of aryl methyl sites for hydroxylation is 1. The van der Waals surface area contributed by atoms with Gasteiger partial charge in [0.1, 0.15) is 18.0 Å². The van der Waals surface area contributed by atoms with E-state index >= 15 is 0 Å². The lowest BCUT2D eigenvalue weighted by Crippen LogP contribution is -2.45. The summed E-state index contributed by atoms with van der Waals surface area (Å²) in [6, 6.07) is 16.8. The number of hydrogen-bond acceptors (Lipinski definition) is 5. The minimum atomic E-state index is -0.348. The first kappa shape index (κ1) is 27.1. The first-order chi connectivity index (χ1) is 17.3. The Labute approximate surface area is 217 Å². The van der Waals surface area contributed by atoms with Crippen LogP contribution in [0.5, 0.6) is 11.5 Å². The van der Waals surface area contributed by atoms with Crippen molar-refractivity contribution in [2.45, 2.75) is 33.9 Å². The molecule has 0 atom stereocenters. The van der Waals surface area contributed by atoms with E-state index in [4.69, 9.17) is 9.47 Å². The lowest BCUT2D eigenvalue weighted by molar-refractivity contribution is -0.133.